The average molecular weight is 537 g/mol. The Morgan fingerprint density at radius 2 is 1.23 bits per heavy atom. The van der Waals surface area contributed by atoms with Gasteiger partial charge in [-0.1, -0.05) is 38.5 Å². The Hall–Kier alpha value is 0.1000. The molecule has 7 nitrogen and oxygen atoms in total. The van der Waals surface area contributed by atoms with Crippen molar-refractivity contribution in [3.8, 4) is 0 Å². The van der Waals surface area contributed by atoms with Gasteiger partial charge in [0.1, 0.15) is 0 Å². The van der Waals surface area contributed by atoms with Gasteiger partial charge in [0.25, 0.3) is 0 Å². The van der Waals surface area contributed by atoms with Crippen LogP contribution in [0.3, 0.4) is 0 Å². The van der Waals surface area contributed by atoms with Crippen LogP contribution in [0.1, 0.15) is 89.9 Å². The maximum Gasteiger partial charge on any atom is 0.322 e. The minimum atomic E-state index is -3.51. The van der Waals surface area contributed by atoms with Gasteiger partial charge in [-0.2, -0.15) is 8.42 Å². The second kappa shape index (κ2) is 19.2. The molecule has 4 unspecified atom stereocenters. The normalized spacial score (nSPS) is 25.7. The number of methoxy groups -OCH3 is 2. The molecule has 2 saturated carbocycles. The third-order valence-corrected chi connectivity index (χ3v) is 10.4. The average Bonchev–Trinajstić information content (AvgIpc) is 2.87. The van der Waals surface area contributed by atoms with Gasteiger partial charge in [-0.15, -0.1) is 0 Å². The summed E-state index contributed by atoms with van der Waals surface area (Å²) in [6.45, 7) is 3.27. The lowest BCUT2D eigenvalue weighted by Crippen LogP contribution is -2.27. The summed E-state index contributed by atoms with van der Waals surface area (Å²) in [6, 6.07) is 0. The highest BCUT2D eigenvalue weighted by molar-refractivity contribution is 8.70. The maximum absolute atomic E-state index is 12.0. The van der Waals surface area contributed by atoms with Gasteiger partial charge < -0.3 is 20.1 Å². The molecule has 2 aliphatic rings. The largest absolute Gasteiger partial charge is 0.381 e. The molecule has 0 bridgehead atoms. The molecule has 9 heteroatoms. The molecule has 0 spiro atoms. The fourth-order valence-corrected chi connectivity index (χ4v) is 7.72. The summed E-state index contributed by atoms with van der Waals surface area (Å²) in [4.78, 5) is 0. The Bertz CT molecular complexity index is 577. The van der Waals surface area contributed by atoms with E-state index in [2.05, 4.69) is 10.6 Å². The summed E-state index contributed by atoms with van der Waals surface area (Å²) in [5.41, 5.74) is 0. The zero-order valence-corrected chi connectivity index (χ0v) is 23.9. The highest BCUT2D eigenvalue weighted by Gasteiger charge is 2.25. The Kier molecular flexibility index (Phi) is 17.2. The van der Waals surface area contributed by atoms with Crippen LogP contribution in [0, 0.1) is 11.8 Å². The molecule has 0 aromatic heterocycles. The molecule has 0 aliphatic heterocycles. The Morgan fingerprint density at radius 3 is 1.77 bits per heavy atom. The van der Waals surface area contributed by atoms with Crippen LogP contribution in [0.25, 0.3) is 0 Å². The second-order valence-electron chi connectivity index (χ2n) is 10.2. The first-order valence-electron chi connectivity index (χ1n) is 14.1. The number of hydrogen-bond acceptors (Lipinski definition) is 8. The number of hydrogen-bond donors (Lipinski definition) is 2. The molecule has 2 aliphatic carbocycles. The monoisotopic (exact) mass is 536 g/mol. The Labute approximate surface area is 219 Å². The summed E-state index contributed by atoms with van der Waals surface area (Å²) in [7, 11) is 1.05. The van der Waals surface area contributed by atoms with Crippen molar-refractivity contribution in [1.82, 2.24) is 10.6 Å². The van der Waals surface area contributed by atoms with Crippen molar-refractivity contribution in [2.75, 3.05) is 52.8 Å². The van der Waals surface area contributed by atoms with Crippen molar-refractivity contribution in [3.63, 3.8) is 0 Å². The van der Waals surface area contributed by atoms with Crippen LogP contribution in [0.15, 0.2) is 0 Å². The Balaban J connectivity index is 1.37. The smallest absolute Gasteiger partial charge is 0.322 e. The van der Waals surface area contributed by atoms with E-state index in [1.54, 1.807) is 0 Å². The highest BCUT2D eigenvalue weighted by atomic mass is 33.1. The van der Waals surface area contributed by atoms with E-state index in [4.69, 9.17) is 13.7 Å². The van der Waals surface area contributed by atoms with Crippen molar-refractivity contribution in [2.45, 2.75) is 102 Å². The molecule has 0 saturated heterocycles. The third kappa shape index (κ3) is 14.0. The number of rotatable bonds is 20. The zero-order valence-electron chi connectivity index (χ0n) is 22.3. The molecular formula is C26H52N2O5S2. The molecule has 0 radical (unpaired) electrons. The van der Waals surface area contributed by atoms with Gasteiger partial charge >= 0.3 is 9.15 Å². The van der Waals surface area contributed by atoms with Crippen LogP contribution in [-0.4, -0.2) is 73.4 Å². The molecule has 2 fully saturated rings. The minimum absolute atomic E-state index is 0.195. The van der Waals surface area contributed by atoms with Crippen LogP contribution in [0.5, 0.6) is 0 Å². The van der Waals surface area contributed by atoms with Crippen LogP contribution < -0.4 is 10.6 Å². The van der Waals surface area contributed by atoms with Crippen molar-refractivity contribution >= 4 is 19.9 Å². The number of ether oxygens (including phenoxy) is 2. The quantitative estimate of drug-likeness (QED) is 0.168. The molecular weight excluding hydrogens is 484 g/mol. The van der Waals surface area contributed by atoms with Gasteiger partial charge in [-0.05, 0) is 87.1 Å². The van der Waals surface area contributed by atoms with Crippen molar-refractivity contribution < 1.29 is 22.1 Å². The van der Waals surface area contributed by atoms with E-state index in [9.17, 15) is 8.42 Å². The number of unbranched alkanes of at least 4 members (excludes halogenated alkanes) is 2. The van der Waals surface area contributed by atoms with E-state index >= 15 is 0 Å². The SMILES string of the molecule is COC1CCCCC1CCCCNCCOS(=O)(=O)SCCNCCCCC1CCCCC1OC. The van der Waals surface area contributed by atoms with Crippen LogP contribution in [0.2, 0.25) is 0 Å². The molecule has 208 valence electrons. The first kappa shape index (κ1) is 31.3. The van der Waals surface area contributed by atoms with E-state index in [0.717, 1.165) is 36.7 Å². The van der Waals surface area contributed by atoms with Crippen LogP contribution in [0.4, 0.5) is 0 Å². The zero-order chi connectivity index (χ0) is 25.2. The van der Waals surface area contributed by atoms with E-state index < -0.39 is 9.15 Å². The summed E-state index contributed by atoms with van der Waals surface area (Å²) in [6.07, 6.45) is 18.2. The van der Waals surface area contributed by atoms with Gasteiger partial charge in [-0.3, -0.25) is 4.18 Å². The standard InChI is InChI=1S/C26H52N2O5S2/c1-31-25-15-5-3-11-23(25)13-7-9-17-27-19-21-33-35(29,30)34-22-20-28-18-10-8-14-24-12-4-6-16-26(24)32-2/h23-28H,3-22H2,1-2H3. The topological polar surface area (TPSA) is 85.9 Å². The first-order valence-corrected chi connectivity index (χ1v) is 17.0. The lowest BCUT2D eigenvalue weighted by Gasteiger charge is -2.30. The van der Waals surface area contributed by atoms with E-state index in [1.165, 1.54) is 77.0 Å². The molecule has 0 aromatic rings. The van der Waals surface area contributed by atoms with Gasteiger partial charge in [0, 0.05) is 33.1 Å². The van der Waals surface area contributed by atoms with Gasteiger partial charge in [0.2, 0.25) is 0 Å². The predicted octanol–water partition coefficient (Wildman–Crippen LogP) is 4.91. The molecule has 0 amide bonds. The summed E-state index contributed by atoms with van der Waals surface area (Å²) < 4.78 is 40.4. The van der Waals surface area contributed by atoms with Crippen LogP contribution >= 0.6 is 10.8 Å². The lowest BCUT2D eigenvalue weighted by molar-refractivity contribution is 0.0194. The predicted molar refractivity (Wildman–Crippen MR) is 146 cm³/mol. The van der Waals surface area contributed by atoms with Gasteiger partial charge in [0.15, 0.2) is 0 Å². The summed E-state index contributed by atoms with van der Waals surface area (Å²) in [5.74, 6) is 1.93. The highest BCUT2D eigenvalue weighted by Crippen LogP contribution is 2.31. The third-order valence-electron chi connectivity index (χ3n) is 7.65. The fraction of sp³-hybridized carbons (Fsp3) is 1.00. The molecule has 2 rings (SSSR count). The van der Waals surface area contributed by atoms with Crippen molar-refractivity contribution in [2.24, 2.45) is 11.8 Å². The molecule has 0 aromatic carbocycles. The van der Waals surface area contributed by atoms with Gasteiger partial charge in [0.05, 0.1) is 18.8 Å². The van der Waals surface area contributed by atoms with Gasteiger partial charge in [-0.25, -0.2) is 0 Å². The lowest BCUT2D eigenvalue weighted by atomic mass is 9.83. The van der Waals surface area contributed by atoms with Crippen molar-refractivity contribution in [3.05, 3.63) is 0 Å². The maximum atomic E-state index is 12.0. The second-order valence-corrected chi connectivity index (χ2v) is 13.8. The molecule has 0 heterocycles. The van der Waals surface area contributed by atoms with E-state index in [-0.39, 0.29) is 6.61 Å². The fourth-order valence-electron chi connectivity index (χ4n) is 5.66. The first-order chi connectivity index (χ1) is 17.1. The minimum Gasteiger partial charge on any atom is -0.381 e. The molecule has 2 N–H and O–H groups in total. The van der Waals surface area contributed by atoms with Crippen molar-refractivity contribution in [1.29, 1.82) is 0 Å². The summed E-state index contributed by atoms with van der Waals surface area (Å²) in [5, 5.41) is 6.65. The van der Waals surface area contributed by atoms with E-state index in [0.29, 0.717) is 42.9 Å². The summed E-state index contributed by atoms with van der Waals surface area (Å²) >= 11 is 0. The van der Waals surface area contributed by atoms with E-state index in [1.807, 2.05) is 14.2 Å². The molecule has 35 heavy (non-hydrogen) atoms. The molecule has 4 atom stereocenters. The Morgan fingerprint density at radius 1 is 0.714 bits per heavy atom. The number of nitrogens with one attached hydrogen (secondary N) is 2. The van der Waals surface area contributed by atoms with Crippen LogP contribution in [-0.2, 0) is 22.8 Å².